The van der Waals surface area contributed by atoms with Crippen LogP contribution < -0.4 is 9.47 Å². The molecule has 0 aromatic heterocycles. The summed E-state index contributed by atoms with van der Waals surface area (Å²) in [6.07, 6.45) is -14.3. The van der Waals surface area contributed by atoms with Crippen LogP contribution in [0.25, 0.3) is 0 Å². The molecule has 0 radical (unpaired) electrons. The fourth-order valence-corrected chi connectivity index (χ4v) is 18.8. The molecule has 6 saturated heterocycles. The molecule has 26 atom stereocenters. The van der Waals surface area contributed by atoms with Gasteiger partial charge in [0.1, 0.15) is 59.5 Å². The van der Waals surface area contributed by atoms with E-state index < -0.39 is 156 Å². The van der Waals surface area contributed by atoms with E-state index in [1.165, 1.54) is 23.5 Å². The van der Waals surface area contributed by atoms with Crippen molar-refractivity contribution in [2.45, 2.75) is 256 Å². The first-order chi connectivity index (χ1) is 50.2. The number of hydrogen-bond acceptors (Lipinski definition) is 22. The van der Waals surface area contributed by atoms with E-state index >= 15 is 0 Å². The molecule has 0 spiro atoms. The summed E-state index contributed by atoms with van der Waals surface area (Å²) in [5.74, 6) is 1.25. The third-order valence-corrected chi connectivity index (χ3v) is 24.8. The summed E-state index contributed by atoms with van der Waals surface area (Å²) in [5.41, 5.74) is 1.99. The maximum absolute atomic E-state index is 13.1. The summed E-state index contributed by atoms with van der Waals surface area (Å²) in [7, 11) is 1.62. The van der Waals surface area contributed by atoms with Gasteiger partial charge in [-0.3, -0.25) is 0 Å². The van der Waals surface area contributed by atoms with Crippen molar-refractivity contribution < 1.29 is 86.4 Å². The largest absolute Gasteiger partial charge is 0.497 e. The molecule has 0 saturated carbocycles. The Balaban J connectivity index is 0.743. The van der Waals surface area contributed by atoms with Gasteiger partial charge in [-0.25, -0.2) is 0 Å². The van der Waals surface area contributed by atoms with Gasteiger partial charge < -0.3 is 86.4 Å². The lowest BCUT2D eigenvalue weighted by molar-refractivity contribution is -0.340. The molecule has 3 N–H and O–H groups in total. The van der Waals surface area contributed by atoms with Gasteiger partial charge in [0.15, 0.2) is 31.5 Å². The lowest BCUT2D eigenvalue weighted by Crippen LogP contribution is -2.64. The molecule has 13 rings (SSSR count). The number of ether oxygens (including phenoxy) is 15. The van der Waals surface area contributed by atoms with E-state index in [1.807, 2.05) is 248 Å². The number of rotatable bonds is 27. The van der Waals surface area contributed by atoms with Crippen LogP contribution in [0.4, 0.5) is 0 Å². The average molecular weight is 1490 g/mol. The van der Waals surface area contributed by atoms with Crippen molar-refractivity contribution in [3.05, 3.63) is 217 Å². The maximum atomic E-state index is 13.1. The molecule has 6 aliphatic heterocycles. The van der Waals surface area contributed by atoms with E-state index in [0.717, 1.165) is 30.7 Å². The molecule has 552 valence electrons. The fourth-order valence-electron chi connectivity index (χ4n) is 14.0. The summed E-state index contributed by atoms with van der Waals surface area (Å²) >= 11 is 6.04. The van der Waals surface area contributed by atoms with Crippen molar-refractivity contribution in [2.75, 3.05) is 7.11 Å². The maximum Gasteiger partial charge on any atom is 0.215 e. The van der Waals surface area contributed by atoms with E-state index in [-0.39, 0.29) is 6.61 Å². The van der Waals surface area contributed by atoms with Crippen molar-refractivity contribution >= 4 is 47.0 Å². The standard InChI is InChI=1S/C81H96O18S4/c1-48-62(82)42-44-64(88-48)96-72-70(86-46-54-26-14-8-15-27-54)52(5)92-80(76(72)102-60-34-22-12-23-35-60)99-69-51(4)91-79(75(67(69)84)101-59-32-20-11-21-33-59)95-63-43-45-65(89-49(63)2)97-73-71(87-47-55-28-16-9-17-29-55)53(6)93-81(77(73)103-61-36-24-13-25-37-61)98-68-50(3)90-78(94-57-40-38-56(85-7)39-41-57)74(66(68)83)100-58-30-18-10-19-31-58/h8-41,48-53,62-84H,42-47H2,1-7H3/t48-,49-,50+,51+,52+,53+,62-,63-,64-,65-,66-,67-,68+,69+,70+,71+,72-,73-,74+,75+,76+,77+,78-,79-,80-,81-/m0/s1. The van der Waals surface area contributed by atoms with Gasteiger partial charge in [0.25, 0.3) is 0 Å². The molecule has 0 bridgehead atoms. The average Bonchev–Trinajstić information content (AvgIpc) is 0.775. The normalized spacial score (nSPS) is 35.6. The van der Waals surface area contributed by atoms with Gasteiger partial charge in [-0.05, 0) is 138 Å². The summed E-state index contributed by atoms with van der Waals surface area (Å²) in [4.78, 5) is 3.74. The van der Waals surface area contributed by atoms with E-state index in [1.54, 1.807) is 30.6 Å². The van der Waals surface area contributed by atoms with Crippen molar-refractivity contribution in [1.29, 1.82) is 0 Å². The molecular weight excluding hydrogens is 1390 g/mol. The molecule has 22 heteroatoms. The van der Waals surface area contributed by atoms with Gasteiger partial charge in [-0.15, -0.1) is 47.0 Å². The van der Waals surface area contributed by atoms with Gasteiger partial charge in [0, 0.05) is 32.4 Å². The first kappa shape index (κ1) is 76.1. The number of benzene rings is 7. The molecule has 6 fully saturated rings. The minimum Gasteiger partial charge on any atom is -0.497 e. The molecule has 0 unspecified atom stereocenters. The Kier molecular flexibility index (Phi) is 27.1. The minimum atomic E-state index is -1.14. The zero-order valence-corrected chi connectivity index (χ0v) is 62.2. The predicted octanol–water partition coefficient (Wildman–Crippen LogP) is 13.9. The third-order valence-electron chi connectivity index (χ3n) is 19.6. The second kappa shape index (κ2) is 36.7. The Bertz CT molecular complexity index is 3630. The fraction of sp³-hybridized carbons (Fsp3) is 0.481. The highest BCUT2D eigenvalue weighted by Crippen LogP contribution is 2.47. The van der Waals surface area contributed by atoms with Crippen molar-refractivity contribution in [3.8, 4) is 11.5 Å². The Labute approximate surface area is 622 Å². The van der Waals surface area contributed by atoms with Crippen LogP contribution in [-0.2, 0) is 74.8 Å². The van der Waals surface area contributed by atoms with Crippen LogP contribution in [-0.4, -0.2) is 179 Å². The molecule has 6 heterocycles. The van der Waals surface area contributed by atoms with E-state index in [0.29, 0.717) is 43.8 Å². The van der Waals surface area contributed by atoms with Crippen LogP contribution >= 0.6 is 47.0 Å². The van der Waals surface area contributed by atoms with E-state index in [4.69, 9.17) is 71.1 Å². The summed E-state index contributed by atoms with van der Waals surface area (Å²) in [6.45, 7) is 12.2. The summed E-state index contributed by atoms with van der Waals surface area (Å²) in [6, 6.07) is 67.3. The third kappa shape index (κ3) is 19.6. The summed E-state index contributed by atoms with van der Waals surface area (Å²) in [5, 5.41) is 34.1. The highest BCUT2D eigenvalue weighted by molar-refractivity contribution is 8.00. The first-order valence-corrected chi connectivity index (χ1v) is 39.4. The first-order valence-electron chi connectivity index (χ1n) is 35.9. The zero-order chi connectivity index (χ0) is 71.3. The second-order valence-corrected chi connectivity index (χ2v) is 32.1. The van der Waals surface area contributed by atoms with Crippen LogP contribution in [0.15, 0.2) is 226 Å². The number of methoxy groups -OCH3 is 1. The molecule has 6 aliphatic rings. The Morgan fingerprint density at radius 2 is 0.680 bits per heavy atom. The van der Waals surface area contributed by atoms with Crippen molar-refractivity contribution in [2.24, 2.45) is 0 Å². The Hall–Kier alpha value is -5.10. The molecule has 0 aliphatic carbocycles. The van der Waals surface area contributed by atoms with E-state index in [2.05, 4.69) is 0 Å². The van der Waals surface area contributed by atoms with Gasteiger partial charge >= 0.3 is 0 Å². The molecule has 0 amide bonds. The van der Waals surface area contributed by atoms with Gasteiger partial charge in [-0.2, -0.15) is 0 Å². The SMILES string of the molecule is COc1ccc(O[C@@H]2O[C@H](C)[C@@H](O[C@@H]3O[C@H](C)[C@@H](OCc4ccccc4)[C@H](O[C@H]4CC[C@H](O[C@@H]5O[C@H](C)[C@@H](O[C@@H]6O[C@H](C)[C@@H](OCc7ccccc7)[C@H](O[C@H]7CC[C@H](O)[C@H](C)O7)[C@H]6Sc6ccccc6)[C@H](O)[C@H]5Sc5ccccc5)[C@H](C)O4)[C@H]3Sc3ccccc3)[C@H](O)[C@H]2Sc2ccccc2)cc1. The highest BCUT2D eigenvalue weighted by Gasteiger charge is 2.56. The van der Waals surface area contributed by atoms with Gasteiger partial charge in [0.2, 0.25) is 6.29 Å². The van der Waals surface area contributed by atoms with Crippen LogP contribution in [0.5, 0.6) is 11.5 Å². The number of aliphatic hydroxyl groups is 3. The number of thioether (sulfide) groups is 4. The highest BCUT2D eigenvalue weighted by atomic mass is 32.2. The Morgan fingerprint density at radius 1 is 0.330 bits per heavy atom. The summed E-state index contributed by atoms with van der Waals surface area (Å²) < 4.78 is 103. The second-order valence-electron chi connectivity index (χ2n) is 27.1. The Morgan fingerprint density at radius 3 is 1.09 bits per heavy atom. The molecular formula is C81H96O18S4. The molecule has 7 aromatic rings. The van der Waals surface area contributed by atoms with Crippen LogP contribution in [0.1, 0.15) is 78.4 Å². The van der Waals surface area contributed by atoms with Gasteiger partial charge in [0.05, 0.1) is 91.0 Å². The zero-order valence-electron chi connectivity index (χ0n) is 59.0. The molecule has 18 nitrogen and oxygen atoms in total. The van der Waals surface area contributed by atoms with Crippen molar-refractivity contribution in [1.82, 2.24) is 0 Å². The predicted molar refractivity (Wildman–Crippen MR) is 395 cm³/mol. The van der Waals surface area contributed by atoms with Gasteiger partial charge in [-0.1, -0.05) is 133 Å². The minimum absolute atomic E-state index is 0.284. The lowest BCUT2D eigenvalue weighted by Gasteiger charge is -2.50. The molecule has 7 aromatic carbocycles. The van der Waals surface area contributed by atoms with Crippen LogP contribution in [0.2, 0.25) is 0 Å². The van der Waals surface area contributed by atoms with Crippen LogP contribution in [0.3, 0.4) is 0 Å². The topological polar surface area (TPSA) is 199 Å². The number of aliphatic hydroxyl groups excluding tert-OH is 3. The quantitative estimate of drug-likeness (QED) is 0.0439. The van der Waals surface area contributed by atoms with E-state index in [9.17, 15) is 15.3 Å². The number of hydrogen-bond donors (Lipinski definition) is 3. The smallest absolute Gasteiger partial charge is 0.215 e. The molecule has 103 heavy (non-hydrogen) atoms. The van der Waals surface area contributed by atoms with Crippen LogP contribution in [0, 0.1) is 0 Å². The monoisotopic (exact) mass is 1480 g/mol. The lowest BCUT2D eigenvalue weighted by atomic mass is 9.98. The van der Waals surface area contributed by atoms with Crippen molar-refractivity contribution in [3.63, 3.8) is 0 Å².